The summed E-state index contributed by atoms with van der Waals surface area (Å²) in [5, 5.41) is 15.9. The first-order chi connectivity index (χ1) is 9.58. The molecule has 0 spiro atoms. The Morgan fingerprint density at radius 2 is 2.15 bits per heavy atom. The van der Waals surface area contributed by atoms with Gasteiger partial charge in [0.2, 0.25) is 5.91 Å². The van der Waals surface area contributed by atoms with Gasteiger partial charge in [0.05, 0.1) is 4.88 Å². The minimum atomic E-state index is -0.997. The van der Waals surface area contributed by atoms with E-state index in [1.165, 1.54) is 11.3 Å². The van der Waals surface area contributed by atoms with Crippen molar-refractivity contribution in [3.8, 4) is 0 Å². The van der Waals surface area contributed by atoms with Crippen molar-refractivity contribution in [2.24, 2.45) is 5.92 Å². The molecule has 1 aliphatic carbocycles. The van der Waals surface area contributed by atoms with Crippen molar-refractivity contribution >= 4 is 29.1 Å². The maximum absolute atomic E-state index is 11.6. The van der Waals surface area contributed by atoms with E-state index in [1.54, 1.807) is 17.5 Å². The molecule has 0 bridgehead atoms. The summed E-state index contributed by atoms with van der Waals surface area (Å²) in [5.41, 5.74) is 0. The minimum Gasteiger partial charge on any atom is -0.480 e. The SMILES string of the molecule is O=C(CCNC(=O)c1cccs1)NC(C(=O)O)C1CC1. The largest absolute Gasteiger partial charge is 0.480 e. The molecule has 1 saturated carbocycles. The first-order valence-electron chi connectivity index (χ1n) is 6.42. The molecule has 1 aromatic heterocycles. The molecule has 1 heterocycles. The molecule has 108 valence electrons. The van der Waals surface area contributed by atoms with Gasteiger partial charge in [0, 0.05) is 13.0 Å². The normalized spacial score (nSPS) is 15.4. The van der Waals surface area contributed by atoms with Crippen molar-refractivity contribution in [2.75, 3.05) is 6.54 Å². The molecule has 2 amide bonds. The molecule has 0 aliphatic heterocycles. The summed E-state index contributed by atoms with van der Waals surface area (Å²) >= 11 is 1.33. The third kappa shape index (κ3) is 4.06. The molecular weight excluding hydrogens is 280 g/mol. The summed E-state index contributed by atoms with van der Waals surface area (Å²) in [5.74, 6) is -1.51. The third-order valence-electron chi connectivity index (χ3n) is 3.06. The van der Waals surface area contributed by atoms with Crippen LogP contribution in [0, 0.1) is 5.92 Å². The molecule has 1 aliphatic rings. The number of thiophene rings is 1. The van der Waals surface area contributed by atoms with Gasteiger partial charge in [-0.25, -0.2) is 4.79 Å². The van der Waals surface area contributed by atoms with Crippen LogP contribution in [0.4, 0.5) is 0 Å². The van der Waals surface area contributed by atoms with Crippen molar-refractivity contribution in [1.82, 2.24) is 10.6 Å². The van der Waals surface area contributed by atoms with Crippen molar-refractivity contribution in [3.63, 3.8) is 0 Å². The highest BCUT2D eigenvalue weighted by Crippen LogP contribution is 2.32. The Morgan fingerprint density at radius 1 is 1.40 bits per heavy atom. The van der Waals surface area contributed by atoms with Gasteiger partial charge >= 0.3 is 5.97 Å². The average molecular weight is 296 g/mol. The van der Waals surface area contributed by atoms with E-state index >= 15 is 0 Å². The molecule has 3 N–H and O–H groups in total. The maximum atomic E-state index is 11.6. The maximum Gasteiger partial charge on any atom is 0.326 e. The lowest BCUT2D eigenvalue weighted by molar-refractivity contribution is -0.142. The topological polar surface area (TPSA) is 95.5 Å². The molecule has 0 radical (unpaired) electrons. The van der Waals surface area contributed by atoms with Gasteiger partial charge in [-0.05, 0) is 30.2 Å². The van der Waals surface area contributed by atoms with Crippen LogP contribution in [0.2, 0.25) is 0 Å². The highest BCUT2D eigenvalue weighted by atomic mass is 32.1. The van der Waals surface area contributed by atoms with Gasteiger partial charge in [0.1, 0.15) is 6.04 Å². The molecule has 0 aromatic carbocycles. The van der Waals surface area contributed by atoms with Crippen LogP contribution in [0.15, 0.2) is 17.5 Å². The highest BCUT2D eigenvalue weighted by molar-refractivity contribution is 7.12. The van der Waals surface area contributed by atoms with E-state index in [9.17, 15) is 14.4 Å². The molecule has 6 nitrogen and oxygen atoms in total. The highest BCUT2D eigenvalue weighted by Gasteiger charge is 2.37. The molecule has 0 saturated heterocycles. The average Bonchev–Trinajstić information content (AvgIpc) is 3.08. The van der Waals surface area contributed by atoms with E-state index in [2.05, 4.69) is 10.6 Å². The van der Waals surface area contributed by atoms with Crippen LogP contribution in [0.25, 0.3) is 0 Å². The number of carboxylic acid groups (broad SMARTS) is 1. The van der Waals surface area contributed by atoms with Gasteiger partial charge in [-0.1, -0.05) is 6.07 Å². The van der Waals surface area contributed by atoms with E-state index < -0.39 is 12.0 Å². The quantitative estimate of drug-likeness (QED) is 0.695. The monoisotopic (exact) mass is 296 g/mol. The van der Waals surface area contributed by atoms with E-state index in [4.69, 9.17) is 5.11 Å². The van der Waals surface area contributed by atoms with Gasteiger partial charge in [0.25, 0.3) is 5.91 Å². The second-order valence-electron chi connectivity index (χ2n) is 4.70. The Bertz CT molecular complexity index is 496. The number of aliphatic carboxylic acids is 1. The molecule has 1 fully saturated rings. The molecule has 7 heteroatoms. The van der Waals surface area contributed by atoms with Gasteiger partial charge in [-0.3, -0.25) is 9.59 Å². The number of rotatable bonds is 7. The van der Waals surface area contributed by atoms with Gasteiger partial charge in [-0.15, -0.1) is 11.3 Å². The number of carbonyl (C=O) groups is 3. The summed E-state index contributed by atoms with van der Waals surface area (Å²) in [4.78, 5) is 34.8. The second kappa shape index (κ2) is 6.51. The molecule has 1 aromatic rings. The second-order valence-corrected chi connectivity index (χ2v) is 5.65. The fourth-order valence-corrected chi connectivity index (χ4v) is 2.48. The van der Waals surface area contributed by atoms with Crippen LogP contribution < -0.4 is 10.6 Å². The number of carboxylic acids is 1. The molecule has 20 heavy (non-hydrogen) atoms. The third-order valence-corrected chi connectivity index (χ3v) is 3.93. The fraction of sp³-hybridized carbons (Fsp3) is 0.462. The summed E-state index contributed by atoms with van der Waals surface area (Å²) in [6, 6.07) is 2.68. The molecular formula is C13H16N2O4S. The van der Waals surface area contributed by atoms with Crippen LogP contribution in [-0.2, 0) is 9.59 Å². The number of amides is 2. The van der Waals surface area contributed by atoms with Crippen LogP contribution >= 0.6 is 11.3 Å². The van der Waals surface area contributed by atoms with Crippen molar-refractivity contribution < 1.29 is 19.5 Å². The van der Waals surface area contributed by atoms with E-state index in [0.29, 0.717) is 4.88 Å². The van der Waals surface area contributed by atoms with Crippen LogP contribution in [0.5, 0.6) is 0 Å². The lowest BCUT2D eigenvalue weighted by atomic mass is 10.2. The first-order valence-corrected chi connectivity index (χ1v) is 7.30. The summed E-state index contributed by atoms with van der Waals surface area (Å²) in [6.45, 7) is 0.194. The molecule has 2 rings (SSSR count). The standard InChI is InChI=1S/C13H16N2O4S/c16-10(15-11(13(18)19)8-3-4-8)5-6-14-12(17)9-2-1-7-20-9/h1-2,7-8,11H,3-6H2,(H,14,17)(H,15,16)(H,18,19). The van der Waals surface area contributed by atoms with Crippen molar-refractivity contribution in [2.45, 2.75) is 25.3 Å². The zero-order valence-corrected chi connectivity index (χ0v) is 11.6. The van der Waals surface area contributed by atoms with Gasteiger partial charge in [-0.2, -0.15) is 0 Å². The lowest BCUT2D eigenvalue weighted by Gasteiger charge is -2.13. The van der Waals surface area contributed by atoms with E-state index in [0.717, 1.165) is 12.8 Å². The number of nitrogens with one attached hydrogen (secondary N) is 2. The zero-order chi connectivity index (χ0) is 14.5. The number of hydrogen-bond donors (Lipinski definition) is 3. The van der Waals surface area contributed by atoms with Crippen LogP contribution in [0.3, 0.4) is 0 Å². The first kappa shape index (κ1) is 14.5. The fourth-order valence-electron chi connectivity index (χ4n) is 1.84. The van der Waals surface area contributed by atoms with E-state index in [-0.39, 0.29) is 30.7 Å². The van der Waals surface area contributed by atoms with Crippen molar-refractivity contribution in [1.29, 1.82) is 0 Å². The zero-order valence-electron chi connectivity index (χ0n) is 10.8. The van der Waals surface area contributed by atoms with Crippen molar-refractivity contribution in [3.05, 3.63) is 22.4 Å². The predicted octanol–water partition coefficient (Wildman–Crippen LogP) is 0.847. The van der Waals surface area contributed by atoms with Gasteiger partial charge < -0.3 is 15.7 Å². The van der Waals surface area contributed by atoms with E-state index in [1.807, 2.05) is 0 Å². The number of hydrogen-bond acceptors (Lipinski definition) is 4. The Kier molecular flexibility index (Phi) is 4.73. The Balaban J connectivity index is 1.69. The van der Waals surface area contributed by atoms with Crippen LogP contribution in [-0.4, -0.2) is 35.5 Å². The summed E-state index contributed by atoms with van der Waals surface area (Å²) in [7, 11) is 0. The lowest BCUT2D eigenvalue weighted by Crippen LogP contribution is -2.43. The Morgan fingerprint density at radius 3 is 2.70 bits per heavy atom. The van der Waals surface area contributed by atoms with Gasteiger partial charge in [0.15, 0.2) is 0 Å². The Labute approximate surface area is 120 Å². The Hall–Kier alpha value is -1.89. The summed E-state index contributed by atoms with van der Waals surface area (Å²) in [6.07, 6.45) is 1.76. The summed E-state index contributed by atoms with van der Waals surface area (Å²) < 4.78 is 0. The molecule has 1 unspecified atom stereocenters. The van der Waals surface area contributed by atoms with Crippen LogP contribution in [0.1, 0.15) is 28.9 Å². The number of carbonyl (C=O) groups excluding carboxylic acids is 2. The molecule has 1 atom stereocenters. The predicted molar refractivity (Wildman–Crippen MR) is 73.6 cm³/mol. The smallest absolute Gasteiger partial charge is 0.326 e. The minimum absolute atomic E-state index is 0.0529.